The Hall–Kier alpha value is -0.840. The summed E-state index contributed by atoms with van der Waals surface area (Å²) in [6.45, 7) is 0. The molecule has 0 saturated heterocycles. The fourth-order valence-corrected chi connectivity index (χ4v) is 2.54. The van der Waals surface area contributed by atoms with Crippen molar-refractivity contribution in [3.63, 3.8) is 0 Å². The van der Waals surface area contributed by atoms with Crippen LogP contribution in [0.1, 0.15) is 10.4 Å². The van der Waals surface area contributed by atoms with Crippen LogP contribution in [0, 0.1) is 0 Å². The normalized spacial score (nSPS) is 10.2. The van der Waals surface area contributed by atoms with Crippen molar-refractivity contribution in [3.05, 3.63) is 55.9 Å². The quantitative estimate of drug-likeness (QED) is 0.650. The van der Waals surface area contributed by atoms with Crippen molar-refractivity contribution < 1.29 is 9.53 Å². The monoisotopic (exact) mass is 388 g/mol. The fraction of sp³-hybridized carbons (Fsp3) is 0. The van der Waals surface area contributed by atoms with Gasteiger partial charge in [0.15, 0.2) is 0 Å². The molecule has 0 aliphatic carbocycles. The average molecular weight is 390 g/mol. The van der Waals surface area contributed by atoms with Crippen molar-refractivity contribution in [3.8, 4) is 11.5 Å². The second-order valence-electron chi connectivity index (χ2n) is 3.48. The molecule has 0 bridgehead atoms. The molecule has 5 heteroatoms. The summed E-state index contributed by atoms with van der Waals surface area (Å²) in [5, 5.41) is 0.510. The van der Waals surface area contributed by atoms with E-state index in [-0.39, 0.29) is 0 Å². The first kappa shape index (κ1) is 13.6. The van der Waals surface area contributed by atoms with Gasteiger partial charge < -0.3 is 4.74 Å². The summed E-state index contributed by atoms with van der Waals surface area (Å²) in [6.07, 6.45) is 0.779. The standard InChI is InChI=1S/C13H7Br2ClO2/c14-9-2-4-13(11(16)6-9)18-12-3-1-8(7-17)5-10(12)15/h1-7H. The van der Waals surface area contributed by atoms with Gasteiger partial charge in [-0.2, -0.15) is 0 Å². The number of rotatable bonds is 3. The third-order valence-corrected chi connectivity index (χ3v) is 3.61. The highest BCUT2D eigenvalue weighted by atomic mass is 79.9. The molecule has 0 heterocycles. The van der Waals surface area contributed by atoms with Crippen LogP contribution in [0.25, 0.3) is 0 Å². The average Bonchev–Trinajstić information content (AvgIpc) is 2.34. The van der Waals surface area contributed by atoms with E-state index in [1.165, 1.54) is 0 Å². The first-order chi connectivity index (χ1) is 8.60. The van der Waals surface area contributed by atoms with Crippen LogP contribution < -0.4 is 4.74 Å². The summed E-state index contributed by atoms with van der Waals surface area (Å²) in [6, 6.07) is 10.5. The third kappa shape index (κ3) is 3.13. The minimum absolute atomic E-state index is 0.510. The van der Waals surface area contributed by atoms with Gasteiger partial charge >= 0.3 is 0 Å². The Kier molecular flexibility index (Phi) is 4.43. The minimum atomic E-state index is 0.510. The Labute approximate surface area is 126 Å². The topological polar surface area (TPSA) is 26.3 Å². The zero-order valence-corrected chi connectivity index (χ0v) is 12.9. The molecule has 0 aromatic heterocycles. The molecule has 18 heavy (non-hydrogen) atoms. The van der Waals surface area contributed by atoms with Crippen LogP contribution in [0.15, 0.2) is 45.3 Å². The molecule has 0 fully saturated rings. The third-order valence-electron chi connectivity index (χ3n) is 2.21. The zero-order valence-electron chi connectivity index (χ0n) is 8.99. The lowest BCUT2D eigenvalue weighted by Gasteiger charge is -2.09. The molecule has 2 aromatic rings. The first-order valence-corrected chi connectivity index (χ1v) is 6.94. The Morgan fingerprint density at radius 2 is 1.78 bits per heavy atom. The number of aldehydes is 1. The lowest BCUT2D eigenvalue weighted by molar-refractivity contribution is 0.112. The summed E-state index contributed by atoms with van der Waals surface area (Å²) in [5.74, 6) is 1.16. The number of hydrogen-bond donors (Lipinski definition) is 0. The Bertz CT molecular complexity index is 600. The van der Waals surface area contributed by atoms with Crippen LogP contribution >= 0.6 is 43.5 Å². The highest BCUT2D eigenvalue weighted by Gasteiger charge is 2.07. The maximum absolute atomic E-state index is 10.6. The summed E-state index contributed by atoms with van der Waals surface area (Å²) >= 11 is 12.7. The molecule has 0 spiro atoms. The SMILES string of the molecule is O=Cc1ccc(Oc2ccc(Br)cc2Cl)c(Br)c1. The predicted molar refractivity (Wildman–Crippen MR) is 78.8 cm³/mol. The van der Waals surface area contributed by atoms with Gasteiger partial charge in [-0.05, 0) is 52.3 Å². The molecular formula is C13H7Br2ClO2. The second kappa shape index (κ2) is 5.87. The maximum atomic E-state index is 10.6. The molecule has 0 atom stereocenters. The van der Waals surface area contributed by atoms with Crippen LogP contribution in [-0.4, -0.2) is 6.29 Å². The van der Waals surface area contributed by atoms with Crippen LogP contribution in [0.3, 0.4) is 0 Å². The van der Waals surface area contributed by atoms with E-state index in [4.69, 9.17) is 16.3 Å². The number of benzene rings is 2. The van der Waals surface area contributed by atoms with E-state index >= 15 is 0 Å². The van der Waals surface area contributed by atoms with Gasteiger partial charge in [-0.15, -0.1) is 0 Å². The van der Waals surface area contributed by atoms with Gasteiger partial charge in [-0.3, -0.25) is 4.79 Å². The Balaban J connectivity index is 2.31. The predicted octanol–water partition coefficient (Wildman–Crippen LogP) is 5.47. The Morgan fingerprint density at radius 1 is 1.06 bits per heavy atom. The largest absolute Gasteiger partial charge is 0.455 e. The lowest BCUT2D eigenvalue weighted by Crippen LogP contribution is -1.88. The van der Waals surface area contributed by atoms with E-state index < -0.39 is 0 Å². The minimum Gasteiger partial charge on any atom is -0.455 e. The van der Waals surface area contributed by atoms with Crippen molar-refractivity contribution in [2.45, 2.75) is 0 Å². The summed E-state index contributed by atoms with van der Waals surface area (Å²) in [7, 11) is 0. The Morgan fingerprint density at radius 3 is 2.39 bits per heavy atom. The van der Waals surface area contributed by atoms with Gasteiger partial charge in [-0.1, -0.05) is 27.5 Å². The van der Waals surface area contributed by atoms with Crippen LogP contribution in [0.2, 0.25) is 5.02 Å². The smallest absolute Gasteiger partial charge is 0.150 e. The first-order valence-electron chi connectivity index (χ1n) is 4.98. The van der Waals surface area contributed by atoms with E-state index in [0.717, 1.165) is 10.8 Å². The molecule has 0 radical (unpaired) electrons. The van der Waals surface area contributed by atoms with E-state index in [1.54, 1.807) is 30.3 Å². The lowest BCUT2D eigenvalue weighted by atomic mass is 10.2. The number of carbonyl (C=O) groups excluding carboxylic acids is 1. The van der Waals surface area contributed by atoms with Crippen molar-refractivity contribution in [2.24, 2.45) is 0 Å². The number of carbonyl (C=O) groups is 1. The van der Waals surface area contributed by atoms with Crippen LogP contribution in [0.5, 0.6) is 11.5 Å². The van der Waals surface area contributed by atoms with Crippen LogP contribution in [0.4, 0.5) is 0 Å². The van der Waals surface area contributed by atoms with Crippen molar-refractivity contribution in [1.82, 2.24) is 0 Å². The molecule has 0 saturated carbocycles. The highest BCUT2D eigenvalue weighted by molar-refractivity contribution is 9.10. The van der Waals surface area contributed by atoms with Crippen LogP contribution in [-0.2, 0) is 0 Å². The van der Waals surface area contributed by atoms with Crippen molar-refractivity contribution >= 4 is 49.7 Å². The van der Waals surface area contributed by atoms with Crippen molar-refractivity contribution in [1.29, 1.82) is 0 Å². The van der Waals surface area contributed by atoms with Gasteiger partial charge in [0, 0.05) is 10.0 Å². The summed E-state index contributed by atoms with van der Waals surface area (Å²) in [5.41, 5.74) is 0.580. The van der Waals surface area contributed by atoms with Gasteiger partial charge in [-0.25, -0.2) is 0 Å². The number of halogens is 3. The summed E-state index contributed by atoms with van der Waals surface area (Å²) in [4.78, 5) is 10.6. The van der Waals surface area contributed by atoms with E-state index in [2.05, 4.69) is 31.9 Å². The van der Waals surface area contributed by atoms with E-state index in [1.807, 2.05) is 6.07 Å². The number of ether oxygens (including phenoxy) is 1. The molecule has 0 aliphatic heterocycles. The molecule has 0 unspecified atom stereocenters. The van der Waals surface area contributed by atoms with Gasteiger partial charge in [0.2, 0.25) is 0 Å². The fourth-order valence-electron chi connectivity index (χ4n) is 1.35. The molecule has 2 aromatic carbocycles. The van der Waals surface area contributed by atoms with Crippen molar-refractivity contribution in [2.75, 3.05) is 0 Å². The van der Waals surface area contributed by atoms with Gasteiger partial charge in [0.05, 0.1) is 9.50 Å². The van der Waals surface area contributed by atoms with E-state index in [0.29, 0.717) is 26.6 Å². The maximum Gasteiger partial charge on any atom is 0.150 e. The van der Waals surface area contributed by atoms with Gasteiger partial charge in [0.1, 0.15) is 17.8 Å². The van der Waals surface area contributed by atoms with Gasteiger partial charge in [0.25, 0.3) is 0 Å². The molecule has 2 rings (SSSR count). The molecular weight excluding hydrogens is 383 g/mol. The molecule has 0 N–H and O–H groups in total. The summed E-state index contributed by atoms with van der Waals surface area (Å²) < 4.78 is 7.26. The molecule has 0 aliphatic rings. The van der Waals surface area contributed by atoms with E-state index in [9.17, 15) is 4.79 Å². The highest BCUT2D eigenvalue weighted by Crippen LogP contribution is 2.35. The molecule has 0 amide bonds. The molecule has 92 valence electrons. The number of hydrogen-bond acceptors (Lipinski definition) is 2. The second-order valence-corrected chi connectivity index (χ2v) is 5.66. The zero-order chi connectivity index (χ0) is 13.1. The molecule has 2 nitrogen and oxygen atoms in total.